The molecule has 0 aliphatic carbocycles. The molecule has 0 saturated heterocycles. The van der Waals surface area contributed by atoms with E-state index in [1.54, 1.807) is 31.4 Å². The summed E-state index contributed by atoms with van der Waals surface area (Å²) in [5, 5.41) is 2.89. The number of methoxy groups -OCH3 is 1. The Balaban J connectivity index is 2.52. The molecule has 0 unspecified atom stereocenters. The number of benzene rings is 2. The second-order valence-electron chi connectivity index (χ2n) is 9.44. The van der Waals surface area contributed by atoms with Gasteiger partial charge in [0.15, 0.2) is 0 Å². The second-order valence-corrected chi connectivity index (χ2v) is 11.4. The molecule has 0 spiro atoms. The van der Waals surface area contributed by atoms with Crippen molar-refractivity contribution >= 4 is 27.5 Å². The Hall–Kier alpha value is -3.07. The minimum absolute atomic E-state index is 0.0497. The molecule has 0 aromatic heterocycles. The molecule has 1 N–H and O–H groups in total. The van der Waals surface area contributed by atoms with E-state index in [9.17, 15) is 18.0 Å². The van der Waals surface area contributed by atoms with Gasteiger partial charge in [-0.3, -0.25) is 13.9 Å². The average molecular weight is 518 g/mol. The molecule has 0 bridgehead atoms. The van der Waals surface area contributed by atoms with E-state index in [0.29, 0.717) is 17.9 Å². The van der Waals surface area contributed by atoms with Crippen molar-refractivity contribution in [1.29, 1.82) is 0 Å². The second kappa shape index (κ2) is 12.8. The zero-order valence-electron chi connectivity index (χ0n) is 22.3. The lowest BCUT2D eigenvalue weighted by molar-refractivity contribution is -0.140. The van der Waals surface area contributed by atoms with Gasteiger partial charge in [-0.25, -0.2) is 8.42 Å². The summed E-state index contributed by atoms with van der Waals surface area (Å²) in [6.07, 6.45) is 1.46. The highest BCUT2D eigenvalue weighted by molar-refractivity contribution is 7.92. The van der Waals surface area contributed by atoms with E-state index in [1.807, 2.05) is 58.9 Å². The van der Waals surface area contributed by atoms with Crippen LogP contribution in [0.5, 0.6) is 5.75 Å². The number of carbonyl (C=O) groups is 2. The lowest BCUT2D eigenvalue weighted by Crippen LogP contribution is -2.53. The zero-order chi connectivity index (χ0) is 27.0. The lowest BCUT2D eigenvalue weighted by atomic mass is 10.0. The Morgan fingerprint density at radius 3 is 2.25 bits per heavy atom. The number of ether oxygens (including phenoxy) is 1. The summed E-state index contributed by atoms with van der Waals surface area (Å²) in [5.74, 6) is -0.0679. The molecule has 0 heterocycles. The largest absolute Gasteiger partial charge is 0.497 e. The Morgan fingerprint density at radius 2 is 1.69 bits per heavy atom. The van der Waals surface area contributed by atoms with Crippen LogP contribution in [-0.2, 0) is 26.2 Å². The zero-order valence-corrected chi connectivity index (χ0v) is 23.1. The number of hydrogen-bond donors (Lipinski definition) is 1. The molecule has 0 saturated carbocycles. The molecule has 2 rings (SSSR count). The van der Waals surface area contributed by atoms with E-state index in [0.717, 1.165) is 21.7 Å². The highest BCUT2D eigenvalue weighted by atomic mass is 32.2. The number of nitrogens with zero attached hydrogens (tertiary/aromatic N) is 2. The molecular weight excluding hydrogens is 478 g/mol. The van der Waals surface area contributed by atoms with E-state index in [4.69, 9.17) is 4.74 Å². The van der Waals surface area contributed by atoms with Crippen LogP contribution in [0.15, 0.2) is 48.5 Å². The molecule has 0 radical (unpaired) electrons. The fourth-order valence-corrected chi connectivity index (χ4v) is 4.93. The van der Waals surface area contributed by atoms with Gasteiger partial charge < -0.3 is 15.0 Å². The highest BCUT2D eigenvalue weighted by Gasteiger charge is 2.32. The Labute approximate surface area is 215 Å². The number of nitrogens with one attached hydrogen (secondary N) is 1. The van der Waals surface area contributed by atoms with Crippen molar-refractivity contribution in [3.8, 4) is 5.75 Å². The van der Waals surface area contributed by atoms with Crippen LogP contribution in [0.3, 0.4) is 0 Å². The predicted octanol–water partition coefficient (Wildman–Crippen LogP) is 3.92. The molecule has 0 aliphatic rings. The SMILES string of the molecule is CC[C@@H](C(=O)NC(C)C)N(Cc1cccc(OC)c1)C(=O)CN(c1ccccc1C(C)C)S(C)(=O)=O. The number of rotatable bonds is 12. The van der Waals surface area contributed by atoms with Crippen LogP contribution in [0, 0.1) is 0 Å². The molecule has 198 valence electrons. The van der Waals surface area contributed by atoms with Gasteiger partial charge in [-0.2, -0.15) is 0 Å². The normalized spacial score (nSPS) is 12.4. The first-order valence-corrected chi connectivity index (χ1v) is 14.0. The van der Waals surface area contributed by atoms with Crippen molar-refractivity contribution in [2.45, 2.75) is 65.6 Å². The first-order chi connectivity index (χ1) is 16.9. The summed E-state index contributed by atoms with van der Waals surface area (Å²) < 4.78 is 32.2. The number of sulfonamides is 1. The van der Waals surface area contributed by atoms with Gasteiger partial charge in [-0.05, 0) is 55.5 Å². The fraction of sp³-hybridized carbons (Fsp3) is 0.481. The monoisotopic (exact) mass is 517 g/mol. The summed E-state index contributed by atoms with van der Waals surface area (Å²) in [5.41, 5.74) is 2.05. The number of para-hydroxylation sites is 1. The maximum Gasteiger partial charge on any atom is 0.244 e. The average Bonchev–Trinajstić information content (AvgIpc) is 2.81. The van der Waals surface area contributed by atoms with E-state index in [1.165, 1.54) is 4.90 Å². The van der Waals surface area contributed by atoms with Crippen LogP contribution in [0.25, 0.3) is 0 Å². The van der Waals surface area contributed by atoms with Crippen molar-refractivity contribution in [2.24, 2.45) is 0 Å². The molecule has 8 nitrogen and oxygen atoms in total. The smallest absolute Gasteiger partial charge is 0.244 e. The summed E-state index contributed by atoms with van der Waals surface area (Å²) in [6, 6.07) is 13.6. The standard InChI is InChI=1S/C27H39N3O5S/c1-8-24(27(32)28-20(4)5)29(17-21-12-11-13-22(16-21)35-6)26(31)18-30(36(7,33)34)25-15-10-9-14-23(25)19(2)3/h9-16,19-20,24H,8,17-18H2,1-7H3,(H,28,32)/t24-/m0/s1. The van der Waals surface area contributed by atoms with Gasteiger partial charge in [0, 0.05) is 12.6 Å². The van der Waals surface area contributed by atoms with Crippen LogP contribution in [-0.4, -0.2) is 57.1 Å². The lowest BCUT2D eigenvalue weighted by Gasteiger charge is -2.34. The third-order valence-electron chi connectivity index (χ3n) is 5.81. The maximum absolute atomic E-state index is 13.8. The Morgan fingerprint density at radius 1 is 1.03 bits per heavy atom. The van der Waals surface area contributed by atoms with Crippen LogP contribution in [0.2, 0.25) is 0 Å². The van der Waals surface area contributed by atoms with Gasteiger partial charge in [-0.15, -0.1) is 0 Å². The molecular formula is C27H39N3O5S. The van der Waals surface area contributed by atoms with Gasteiger partial charge in [0.1, 0.15) is 18.3 Å². The third kappa shape index (κ3) is 7.71. The molecule has 36 heavy (non-hydrogen) atoms. The van der Waals surface area contributed by atoms with Crippen molar-refractivity contribution in [3.63, 3.8) is 0 Å². The first-order valence-electron chi connectivity index (χ1n) is 12.2. The van der Waals surface area contributed by atoms with Gasteiger partial charge in [-0.1, -0.05) is 51.1 Å². The fourth-order valence-electron chi connectivity index (χ4n) is 4.07. The number of anilines is 1. The molecule has 2 aromatic rings. The molecule has 2 aromatic carbocycles. The van der Waals surface area contributed by atoms with Gasteiger partial charge in [0.2, 0.25) is 21.8 Å². The summed E-state index contributed by atoms with van der Waals surface area (Å²) in [6.45, 7) is 9.19. The summed E-state index contributed by atoms with van der Waals surface area (Å²) in [4.78, 5) is 28.4. The number of amides is 2. The van der Waals surface area contributed by atoms with Crippen molar-refractivity contribution in [1.82, 2.24) is 10.2 Å². The van der Waals surface area contributed by atoms with Crippen molar-refractivity contribution < 1.29 is 22.7 Å². The van der Waals surface area contributed by atoms with Crippen molar-refractivity contribution in [2.75, 3.05) is 24.2 Å². The highest BCUT2D eigenvalue weighted by Crippen LogP contribution is 2.29. The number of carbonyl (C=O) groups excluding carboxylic acids is 2. The van der Waals surface area contributed by atoms with Gasteiger partial charge in [0.25, 0.3) is 0 Å². The molecule has 0 fully saturated rings. The molecule has 1 atom stereocenters. The van der Waals surface area contributed by atoms with Crippen LogP contribution >= 0.6 is 0 Å². The topological polar surface area (TPSA) is 96.0 Å². The van der Waals surface area contributed by atoms with Gasteiger partial charge >= 0.3 is 0 Å². The molecule has 0 aliphatic heterocycles. The minimum Gasteiger partial charge on any atom is -0.497 e. The Kier molecular flexibility index (Phi) is 10.3. The third-order valence-corrected chi connectivity index (χ3v) is 6.94. The van der Waals surface area contributed by atoms with Crippen LogP contribution in [0.1, 0.15) is 58.1 Å². The van der Waals surface area contributed by atoms with E-state index in [-0.39, 0.29) is 24.4 Å². The summed E-state index contributed by atoms with van der Waals surface area (Å²) in [7, 11) is -2.23. The first kappa shape index (κ1) is 29.2. The molecule has 2 amide bonds. The minimum atomic E-state index is -3.79. The quantitative estimate of drug-likeness (QED) is 0.460. The predicted molar refractivity (Wildman–Crippen MR) is 144 cm³/mol. The van der Waals surface area contributed by atoms with Crippen molar-refractivity contribution in [3.05, 3.63) is 59.7 Å². The van der Waals surface area contributed by atoms with E-state index >= 15 is 0 Å². The molecule has 9 heteroatoms. The van der Waals surface area contributed by atoms with Crippen LogP contribution in [0.4, 0.5) is 5.69 Å². The number of hydrogen-bond acceptors (Lipinski definition) is 5. The van der Waals surface area contributed by atoms with E-state index in [2.05, 4.69) is 5.32 Å². The van der Waals surface area contributed by atoms with E-state index < -0.39 is 28.5 Å². The summed E-state index contributed by atoms with van der Waals surface area (Å²) >= 11 is 0. The maximum atomic E-state index is 13.8. The van der Waals surface area contributed by atoms with Gasteiger partial charge in [0.05, 0.1) is 19.1 Å². The van der Waals surface area contributed by atoms with Crippen LogP contribution < -0.4 is 14.4 Å². The Bertz CT molecular complexity index is 1150.